The van der Waals surface area contributed by atoms with E-state index in [0.717, 1.165) is 16.0 Å². The van der Waals surface area contributed by atoms with Crippen LogP contribution >= 0.6 is 34.8 Å². The zero-order chi connectivity index (χ0) is 28.6. The Bertz CT molecular complexity index is 1100. The van der Waals surface area contributed by atoms with E-state index >= 15 is 0 Å². The van der Waals surface area contributed by atoms with Gasteiger partial charge >= 0.3 is 5.97 Å². The highest BCUT2D eigenvalue weighted by atomic mass is 35.5. The molecule has 0 fully saturated rings. The Labute approximate surface area is 239 Å². The summed E-state index contributed by atoms with van der Waals surface area (Å²) < 4.78 is 16.9. The van der Waals surface area contributed by atoms with Gasteiger partial charge in [-0.2, -0.15) is 0 Å². The van der Waals surface area contributed by atoms with Crippen molar-refractivity contribution in [2.75, 3.05) is 25.6 Å². The van der Waals surface area contributed by atoms with E-state index in [0.29, 0.717) is 34.0 Å². The first-order chi connectivity index (χ1) is 17.8. The molecule has 0 aliphatic heterocycles. The lowest BCUT2D eigenvalue weighted by Gasteiger charge is -2.28. The molecule has 0 saturated heterocycles. The van der Waals surface area contributed by atoms with Crippen molar-refractivity contribution in [1.29, 1.82) is 0 Å². The summed E-state index contributed by atoms with van der Waals surface area (Å²) in [5, 5.41) is 0.841. The number of hydrogen-bond acceptors (Lipinski definition) is 6. The Morgan fingerprint density at radius 1 is 0.895 bits per heavy atom. The van der Waals surface area contributed by atoms with Crippen LogP contribution in [0.5, 0.6) is 11.5 Å². The number of amides is 2. The Hall–Kier alpha value is -2.48. The first-order valence-electron chi connectivity index (χ1n) is 12.1. The molecule has 0 N–H and O–H groups in total. The van der Waals surface area contributed by atoms with Crippen LogP contribution in [0.3, 0.4) is 0 Å². The summed E-state index contributed by atoms with van der Waals surface area (Å²) >= 11 is 18.9. The molecule has 0 saturated carbocycles. The van der Waals surface area contributed by atoms with E-state index in [2.05, 4.69) is 13.8 Å². The van der Waals surface area contributed by atoms with Crippen LogP contribution in [0.2, 0.25) is 10.0 Å². The number of imide groups is 1. The van der Waals surface area contributed by atoms with Crippen molar-refractivity contribution >= 4 is 52.6 Å². The second-order valence-electron chi connectivity index (χ2n) is 9.68. The average molecular weight is 587 g/mol. The topological polar surface area (TPSA) is 82.1 Å². The van der Waals surface area contributed by atoms with Gasteiger partial charge in [-0.3, -0.25) is 19.3 Å². The molecular weight excluding hydrogens is 553 g/mol. The average Bonchev–Trinajstić information content (AvgIpc) is 2.84. The van der Waals surface area contributed by atoms with Crippen LogP contribution < -0.4 is 9.47 Å². The van der Waals surface area contributed by atoms with Crippen LogP contribution in [0, 0.1) is 5.92 Å². The van der Waals surface area contributed by atoms with Crippen LogP contribution in [0.25, 0.3) is 0 Å². The minimum Gasteiger partial charge on any atom is -0.490 e. The van der Waals surface area contributed by atoms with Crippen LogP contribution in [0.15, 0.2) is 36.4 Å². The molecule has 2 unspecified atom stereocenters. The molecule has 10 heteroatoms. The van der Waals surface area contributed by atoms with Crippen LogP contribution in [-0.2, 0) is 24.5 Å². The predicted octanol–water partition coefficient (Wildman–Crippen LogP) is 6.28. The van der Waals surface area contributed by atoms with Gasteiger partial charge in [-0.1, -0.05) is 56.1 Å². The summed E-state index contributed by atoms with van der Waals surface area (Å²) in [6, 6.07) is 11.1. The molecule has 38 heavy (non-hydrogen) atoms. The van der Waals surface area contributed by atoms with Crippen molar-refractivity contribution in [1.82, 2.24) is 4.90 Å². The highest BCUT2D eigenvalue weighted by molar-refractivity contribution is 6.37. The van der Waals surface area contributed by atoms with Crippen molar-refractivity contribution in [3.63, 3.8) is 0 Å². The number of alkyl halides is 1. The summed E-state index contributed by atoms with van der Waals surface area (Å²) in [6.45, 7) is 10.2. The van der Waals surface area contributed by atoms with Crippen molar-refractivity contribution in [2.45, 2.75) is 53.1 Å². The maximum Gasteiger partial charge on any atom is 0.303 e. The summed E-state index contributed by atoms with van der Waals surface area (Å²) in [5.41, 5.74) is 1.44. The molecule has 208 valence electrons. The van der Waals surface area contributed by atoms with Gasteiger partial charge in [0.1, 0.15) is 12.4 Å². The molecule has 0 heterocycles. The first kappa shape index (κ1) is 31.7. The molecule has 0 aliphatic carbocycles. The number of ether oxygens (including phenoxy) is 3. The van der Waals surface area contributed by atoms with Gasteiger partial charge in [0.2, 0.25) is 11.8 Å². The lowest BCUT2D eigenvalue weighted by Crippen LogP contribution is -2.43. The van der Waals surface area contributed by atoms with Crippen molar-refractivity contribution < 1.29 is 28.6 Å². The minimum atomic E-state index is -0.811. The third kappa shape index (κ3) is 8.79. The van der Waals surface area contributed by atoms with Crippen molar-refractivity contribution in [3.8, 4) is 11.5 Å². The minimum absolute atomic E-state index is 0.0333. The number of carbonyl (C=O) groups is 3. The quantitative estimate of drug-likeness (QED) is 0.215. The molecule has 2 atom stereocenters. The molecule has 7 nitrogen and oxygen atoms in total. The second-order valence-corrected chi connectivity index (χ2v) is 10.8. The summed E-state index contributed by atoms with van der Waals surface area (Å²) in [7, 11) is 0. The largest absolute Gasteiger partial charge is 0.490 e. The normalized spacial score (nSPS) is 12.9. The Morgan fingerprint density at radius 3 is 1.92 bits per heavy atom. The van der Waals surface area contributed by atoms with Crippen LogP contribution in [0.4, 0.5) is 0 Å². The highest BCUT2D eigenvalue weighted by Crippen LogP contribution is 2.41. The second kappa shape index (κ2) is 14.1. The van der Waals surface area contributed by atoms with Gasteiger partial charge in [0.15, 0.2) is 11.9 Å². The molecule has 0 aromatic heterocycles. The maximum absolute atomic E-state index is 11.8. The van der Waals surface area contributed by atoms with Gasteiger partial charge < -0.3 is 14.2 Å². The molecule has 0 bridgehead atoms. The fourth-order valence-corrected chi connectivity index (χ4v) is 4.38. The first-order valence-corrected chi connectivity index (χ1v) is 13.4. The smallest absolute Gasteiger partial charge is 0.303 e. The van der Waals surface area contributed by atoms with E-state index in [9.17, 15) is 14.4 Å². The third-order valence-corrected chi connectivity index (χ3v) is 7.07. The van der Waals surface area contributed by atoms with Gasteiger partial charge in [-0.15, -0.1) is 11.6 Å². The molecule has 2 rings (SSSR count). The van der Waals surface area contributed by atoms with E-state index in [1.165, 1.54) is 20.8 Å². The Morgan fingerprint density at radius 2 is 1.45 bits per heavy atom. The van der Waals surface area contributed by atoms with E-state index < -0.39 is 29.3 Å². The van der Waals surface area contributed by atoms with Gasteiger partial charge in [-0.05, 0) is 35.4 Å². The van der Waals surface area contributed by atoms with Crippen LogP contribution in [-0.4, -0.2) is 54.4 Å². The maximum atomic E-state index is 11.8. The molecule has 2 aromatic carbocycles. The zero-order valence-electron chi connectivity index (χ0n) is 22.5. The van der Waals surface area contributed by atoms with Crippen LogP contribution in [0.1, 0.15) is 52.7 Å². The Kier molecular flexibility index (Phi) is 11.7. The van der Waals surface area contributed by atoms with Crippen molar-refractivity contribution in [2.24, 2.45) is 5.92 Å². The number of halogens is 3. The SMILES string of the molecule is CC(=O)OC(COc1ccc(C(C)(C)c2cc(Cl)c(OCC(C)CCl)c(Cl)c2)cc1)CN(C(C)=O)C(C)=O. The number of hydrogen-bond donors (Lipinski definition) is 0. The molecule has 2 aromatic rings. The lowest BCUT2D eigenvalue weighted by molar-refractivity contribution is -0.154. The van der Waals surface area contributed by atoms with Crippen molar-refractivity contribution in [3.05, 3.63) is 57.6 Å². The molecular formula is C28H34Cl3NO6. The Balaban J connectivity index is 2.16. The number of nitrogens with zero attached hydrogens (tertiary/aromatic N) is 1. The number of esters is 1. The van der Waals surface area contributed by atoms with E-state index in [4.69, 9.17) is 49.0 Å². The predicted molar refractivity (Wildman–Crippen MR) is 150 cm³/mol. The van der Waals surface area contributed by atoms with E-state index in [1.807, 2.05) is 31.2 Å². The molecule has 0 spiro atoms. The fourth-order valence-electron chi connectivity index (χ4n) is 3.69. The number of benzene rings is 2. The fraction of sp³-hybridized carbons (Fsp3) is 0.464. The summed E-state index contributed by atoms with van der Waals surface area (Å²) in [4.78, 5) is 36.1. The number of carbonyl (C=O) groups excluding carboxylic acids is 3. The molecule has 0 aliphatic rings. The van der Waals surface area contributed by atoms with E-state index in [1.54, 1.807) is 12.1 Å². The van der Waals surface area contributed by atoms with Gasteiger partial charge in [-0.25, -0.2) is 0 Å². The number of rotatable bonds is 12. The monoisotopic (exact) mass is 585 g/mol. The molecule has 0 radical (unpaired) electrons. The molecule has 2 amide bonds. The lowest BCUT2D eigenvalue weighted by atomic mass is 9.78. The van der Waals surface area contributed by atoms with Gasteiger partial charge in [0.25, 0.3) is 0 Å². The third-order valence-electron chi connectivity index (χ3n) is 5.99. The zero-order valence-corrected chi connectivity index (χ0v) is 24.7. The highest BCUT2D eigenvalue weighted by Gasteiger charge is 2.26. The van der Waals surface area contributed by atoms with Gasteiger partial charge in [0, 0.05) is 38.0 Å². The summed E-state index contributed by atoms with van der Waals surface area (Å²) in [6.07, 6.45) is -0.811. The van der Waals surface area contributed by atoms with Gasteiger partial charge in [0.05, 0.1) is 23.2 Å². The van der Waals surface area contributed by atoms with E-state index in [-0.39, 0.29) is 19.1 Å². The summed E-state index contributed by atoms with van der Waals surface area (Å²) in [5.74, 6) is 0.185. The standard InChI is InChI=1S/C28H34Cl3NO6/c1-17(13-29)15-37-27-25(30)11-22(12-26(27)31)28(5,6)21-7-9-23(10-8-21)36-16-24(38-20(4)35)14-32(18(2)33)19(3)34/h7-12,17,24H,13-16H2,1-6H3.